The summed E-state index contributed by atoms with van der Waals surface area (Å²) in [4.78, 5) is 4.81. The molecule has 2 aromatic rings. The highest BCUT2D eigenvalue weighted by molar-refractivity contribution is 5.93. The van der Waals surface area contributed by atoms with Gasteiger partial charge < -0.3 is 0 Å². The van der Waals surface area contributed by atoms with Gasteiger partial charge in [-0.05, 0) is 47.1 Å². The van der Waals surface area contributed by atoms with Gasteiger partial charge in [-0.15, -0.1) is 0 Å². The molecule has 1 aliphatic rings. The first-order valence-electron chi connectivity index (χ1n) is 9.46. The zero-order chi connectivity index (χ0) is 17.9. The highest BCUT2D eigenvalue weighted by atomic mass is 14.7. The van der Waals surface area contributed by atoms with Gasteiger partial charge in [0.25, 0.3) is 0 Å². The number of rotatable bonds is 5. The van der Waals surface area contributed by atoms with Gasteiger partial charge in [-0.25, -0.2) is 0 Å². The van der Waals surface area contributed by atoms with Gasteiger partial charge in [-0.2, -0.15) is 0 Å². The summed E-state index contributed by atoms with van der Waals surface area (Å²) < 4.78 is 0. The minimum absolute atomic E-state index is 0.116. The molecule has 1 nitrogen and oxygen atoms in total. The van der Waals surface area contributed by atoms with Crippen molar-refractivity contribution in [3.63, 3.8) is 0 Å². The zero-order valence-corrected chi connectivity index (χ0v) is 15.9. The number of benzene rings is 1. The minimum atomic E-state index is 0.116. The van der Waals surface area contributed by atoms with Gasteiger partial charge in [0.2, 0.25) is 0 Å². The lowest BCUT2D eigenvalue weighted by Gasteiger charge is -2.41. The van der Waals surface area contributed by atoms with E-state index in [9.17, 15) is 0 Å². The summed E-state index contributed by atoms with van der Waals surface area (Å²) in [7, 11) is 0. The predicted molar refractivity (Wildman–Crippen MR) is 109 cm³/mol. The lowest BCUT2D eigenvalue weighted by molar-refractivity contribution is 0.221. The van der Waals surface area contributed by atoms with Crippen molar-refractivity contribution < 1.29 is 0 Å². The van der Waals surface area contributed by atoms with Crippen LogP contribution in [0.2, 0.25) is 0 Å². The highest BCUT2D eigenvalue weighted by Gasteiger charge is 2.38. The maximum absolute atomic E-state index is 4.81. The third-order valence-electron chi connectivity index (χ3n) is 5.81. The maximum Gasteiger partial charge on any atom is 0.0743 e. The van der Waals surface area contributed by atoms with Crippen LogP contribution in [0.5, 0.6) is 0 Å². The van der Waals surface area contributed by atoms with Crippen LogP contribution in [0.1, 0.15) is 46.2 Å². The number of fused-ring (bicyclic) bond motifs is 1. The molecular formula is C24H29N. The number of aromatic nitrogens is 1. The lowest BCUT2D eigenvalue weighted by Crippen LogP contribution is -2.32. The summed E-state index contributed by atoms with van der Waals surface area (Å²) in [5.41, 5.74) is 2.63. The van der Waals surface area contributed by atoms with Crippen molar-refractivity contribution in [2.75, 3.05) is 0 Å². The number of nitrogens with zero attached hydrogens (tertiary/aromatic N) is 1. The largest absolute Gasteiger partial charge is 0.256 e. The molecule has 0 spiro atoms. The van der Waals surface area contributed by atoms with Gasteiger partial charge >= 0.3 is 0 Å². The Morgan fingerprint density at radius 2 is 2.04 bits per heavy atom. The van der Waals surface area contributed by atoms with E-state index in [4.69, 9.17) is 4.98 Å². The van der Waals surface area contributed by atoms with Crippen LogP contribution in [-0.4, -0.2) is 4.98 Å². The van der Waals surface area contributed by atoms with Gasteiger partial charge in [0, 0.05) is 11.6 Å². The molecule has 0 fully saturated rings. The normalized spacial score (nSPS) is 20.2. The predicted octanol–water partition coefficient (Wildman–Crippen LogP) is 6.82. The van der Waals surface area contributed by atoms with E-state index in [2.05, 4.69) is 88.4 Å². The van der Waals surface area contributed by atoms with E-state index in [-0.39, 0.29) is 5.41 Å². The first-order valence-corrected chi connectivity index (χ1v) is 9.46. The molecule has 1 heteroatoms. The Morgan fingerprint density at radius 3 is 2.80 bits per heavy atom. The fraction of sp³-hybridized carbons (Fsp3) is 0.375. The molecule has 1 heterocycles. The van der Waals surface area contributed by atoms with Crippen molar-refractivity contribution in [3.8, 4) is 0 Å². The highest BCUT2D eigenvalue weighted by Crippen LogP contribution is 2.48. The number of hydrogen-bond acceptors (Lipinski definition) is 1. The Bertz CT molecular complexity index is 820. The van der Waals surface area contributed by atoms with Crippen molar-refractivity contribution in [2.24, 2.45) is 17.3 Å². The van der Waals surface area contributed by atoms with E-state index in [0.29, 0.717) is 11.8 Å². The van der Waals surface area contributed by atoms with E-state index in [0.717, 1.165) is 18.5 Å². The molecule has 0 saturated carbocycles. The first-order chi connectivity index (χ1) is 12.1. The van der Waals surface area contributed by atoms with Crippen molar-refractivity contribution in [1.82, 2.24) is 4.98 Å². The molecule has 25 heavy (non-hydrogen) atoms. The molecule has 1 aromatic carbocycles. The standard InChI is InChI=1S/C24H29N/c1-5-6-16-24(4,18(2)3)22-14-10-9-13-21(22)23-20-12-8-7-11-19(20)15-17-25-23/h6-13,15-18,22H,5,14H2,1-4H3. The minimum Gasteiger partial charge on any atom is -0.256 e. The van der Waals surface area contributed by atoms with Crippen LogP contribution in [0.25, 0.3) is 16.3 Å². The molecule has 2 unspecified atom stereocenters. The average molecular weight is 332 g/mol. The van der Waals surface area contributed by atoms with Crippen LogP contribution in [-0.2, 0) is 0 Å². The molecule has 0 saturated heterocycles. The van der Waals surface area contributed by atoms with Crippen molar-refractivity contribution in [3.05, 3.63) is 72.6 Å². The molecule has 1 aliphatic carbocycles. The third-order valence-corrected chi connectivity index (χ3v) is 5.81. The average Bonchev–Trinajstić information content (AvgIpc) is 2.65. The van der Waals surface area contributed by atoms with E-state index in [1.807, 2.05) is 6.20 Å². The Morgan fingerprint density at radius 1 is 1.24 bits per heavy atom. The van der Waals surface area contributed by atoms with Crippen LogP contribution in [0.3, 0.4) is 0 Å². The second-order valence-electron chi connectivity index (χ2n) is 7.55. The van der Waals surface area contributed by atoms with E-state index < -0.39 is 0 Å². The monoisotopic (exact) mass is 331 g/mol. The SMILES string of the molecule is CCC=CC(C)(C(C)C)C1CC=CC=C1c1nccc2ccccc12. The van der Waals surface area contributed by atoms with E-state index >= 15 is 0 Å². The van der Waals surface area contributed by atoms with Gasteiger partial charge in [-0.3, -0.25) is 4.98 Å². The Kier molecular flexibility index (Phi) is 5.22. The van der Waals surface area contributed by atoms with Crippen LogP contribution < -0.4 is 0 Å². The van der Waals surface area contributed by atoms with Gasteiger partial charge in [0.05, 0.1) is 5.69 Å². The molecule has 0 aliphatic heterocycles. The van der Waals surface area contributed by atoms with E-state index in [1.165, 1.54) is 16.3 Å². The number of pyridine rings is 1. The maximum atomic E-state index is 4.81. The number of allylic oxidation sites excluding steroid dienone is 6. The van der Waals surface area contributed by atoms with Crippen molar-refractivity contribution in [1.29, 1.82) is 0 Å². The fourth-order valence-corrected chi connectivity index (χ4v) is 3.89. The van der Waals surface area contributed by atoms with Crippen molar-refractivity contribution >= 4 is 16.3 Å². The molecule has 1 aromatic heterocycles. The number of hydrogen-bond donors (Lipinski definition) is 0. The van der Waals surface area contributed by atoms with Crippen LogP contribution in [0.4, 0.5) is 0 Å². The first kappa shape index (κ1) is 17.7. The van der Waals surface area contributed by atoms with E-state index in [1.54, 1.807) is 0 Å². The summed E-state index contributed by atoms with van der Waals surface area (Å²) in [6.45, 7) is 9.30. The molecule has 130 valence electrons. The summed E-state index contributed by atoms with van der Waals surface area (Å²) in [5, 5.41) is 2.51. The molecule has 0 amide bonds. The molecule has 3 rings (SSSR count). The Labute approximate surface area is 152 Å². The van der Waals surface area contributed by atoms with Crippen LogP contribution in [0, 0.1) is 17.3 Å². The molecule has 0 bridgehead atoms. The smallest absolute Gasteiger partial charge is 0.0743 e. The summed E-state index contributed by atoms with van der Waals surface area (Å²) in [6.07, 6.45) is 15.6. The molecular weight excluding hydrogens is 302 g/mol. The van der Waals surface area contributed by atoms with Crippen LogP contribution >= 0.6 is 0 Å². The quantitative estimate of drug-likeness (QED) is 0.548. The summed E-state index contributed by atoms with van der Waals surface area (Å²) in [5.74, 6) is 1.00. The Hall–Kier alpha value is -2.15. The summed E-state index contributed by atoms with van der Waals surface area (Å²) >= 11 is 0. The fourth-order valence-electron chi connectivity index (χ4n) is 3.89. The lowest BCUT2D eigenvalue weighted by atomic mass is 9.63. The molecule has 0 N–H and O–H groups in total. The topological polar surface area (TPSA) is 12.9 Å². The zero-order valence-electron chi connectivity index (χ0n) is 15.9. The molecule has 2 atom stereocenters. The summed E-state index contributed by atoms with van der Waals surface area (Å²) in [6, 6.07) is 10.7. The Balaban J connectivity index is 2.14. The second kappa shape index (κ2) is 7.39. The molecule has 0 radical (unpaired) electrons. The second-order valence-corrected chi connectivity index (χ2v) is 7.55. The van der Waals surface area contributed by atoms with Gasteiger partial charge in [0.15, 0.2) is 0 Å². The van der Waals surface area contributed by atoms with Crippen LogP contribution in [0.15, 0.2) is 66.9 Å². The van der Waals surface area contributed by atoms with Crippen molar-refractivity contribution in [2.45, 2.75) is 40.5 Å². The third kappa shape index (κ3) is 3.33. The van der Waals surface area contributed by atoms with Gasteiger partial charge in [-0.1, -0.05) is 82.3 Å². The van der Waals surface area contributed by atoms with Gasteiger partial charge in [0.1, 0.15) is 0 Å².